The molecule has 4 aromatic rings. The largest absolute Gasteiger partial charge is 0.467 e. The van der Waals surface area contributed by atoms with Gasteiger partial charge in [-0.3, -0.25) is 4.79 Å². The van der Waals surface area contributed by atoms with E-state index in [4.69, 9.17) is 18.9 Å². The molecular weight excluding hydrogens is 380 g/mol. The lowest BCUT2D eigenvalue weighted by Crippen LogP contribution is -2.05. The highest BCUT2D eigenvalue weighted by Crippen LogP contribution is 2.46. The molecule has 0 saturated carbocycles. The molecule has 0 aliphatic rings. The Morgan fingerprint density at radius 3 is 2.07 bits per heavy atom. The summed E-state index contributed by atoms with van der Waals surface area (Å²) in [5.41, 5.74) is 2.08. The predicted molar refractivity (Wildman–Crippen MR) is 117 cm³/mol. The van der Waals surface area contributed by atoms with Crippen molar-refractivity contribution in [3.63, 3.8) is 0 Å². The molecule has 0 unspecified atom stereocenters. The summed E-state index contributed by atoms with van der Waals surface area (Å²) in [5.74, 6) is 1.11. The minimum atomic E-state index is 0.0191. The highest BCUT2D eigenvalue weighted by Gasteiger charge is 2.22. The van der Waals surface area contributed by atoms with E-state index in [2.05, 4.69) is 0 Å². The molecule has 0 aliphatic heterocycles. The number of aldehydes is 1. The molecule has 0 N–H and O–H groups in total. The maximum absolute atomic E-state index is 12.0. The van der Waals surface area contributed by atoms with E-state index in [1.165, 1.54) is 0 Å². The van der Waals surface area contributed by atoms with Gasteiger partial charge < -0.3 is 18.9 Å². The summed E-state index contributed by atoms with van der Waals surface area (Å²) in [6, 6.07) is 21.7. The molecule has 0 aliphatic carbocycles. The average Bonchev–Trinajstić information content (AvgIpc) is 2.80. The van der Waals surface area contributed by atoms with Crippen LogP contribution in [0.2, 0.25) is 0 Å². The van der Waals surface area contributed by atoms with E-state index in [1.807, 2.05) is 66.7 Å². The molecule has 5 nitrogen and oxygen atoms in total. The van der Waals surface area contributed by atoms with Crippen LogP contribution in [0.1, 0.15) is 10.4 Å². The Morgan fingerprint density at radius 1 is 0.733 bits per heavy atom. The van der Waals surface area contributed by atoms with Crippen molar-refractivity contribution in [3.8, 4) is 22.6 Å². The number of carbonyl (C=O) groups excluding carboxylic acids is 1. The first-order chi connectivity index (χ1) is 14.8. The van der Waals surface area contributed by atoms with Crippen LogP contribution in [-0.4, -0.2) is 34.1 Å². The van der Waals surface area contributed by atoms with Crippen LogP contribution < -0.4 is 9.47 Å². The lowest BCUT2D eigenvalue weighted by atomic mass is 9.90. The van der Waals surface area contributed by atoms with Crippen LogP contribution in [0, 0.1) is 0 Å². The average molecular weight is 402 g/mol. The van der Waals surface area contributed by atoms with Gasteiger partial charge in [-0.05, 0) is 33.7 Å². The van der Waals surface area contributed by atoms with Crippen molar-refractivity contribution in [1.82, 2.24) is 0 Å². The first kappa shape index (κ1) is 19.9. The van der Waals surface area contributed by atoms with Crippen LogP contribution in [-0.2, 0) is 9.47 Å². The second-order valence-electron chi connectivity index (χ2n) is 6.77. The van der Waals surface area contributed by atoms with Crippen molar-refractivity contribution in [2.75, 3.05) is 27.8 Å². The minimum Gasteiger partial charge on any atom is -0.467 e. The van der Waals surface area contributed by atoms with Gasteiger partial charge in [0.15, 0.2) is 19.9 Å². The molecule has 0 spiro atoms. The number of hydrogen-bond acceptors (Lipinski definition) is 5. The highest BCUT2D eigenvalue weighted by molar-refractivity contribution is 6.12. The highest BCUT2D eigenvalue weighted by atomic mass is 16.7. The normalized spacial score (nSPS) is 11.0. The number of methoxy groups -OCH3 is 2. The number of ether oxygens (including phenoxy) is 4. The Bertz CT molecular complexity index is 1200. The quantitative estimate of drug-likeness (QED) is 0.290. The van der Waals surface area contributed by atoms with E-state index in [1.54, 1.807) is 14.2 Å². The van der Waals surface area contributed by atoms with Gasteiger partial charge in [-0.25, -0.2) is 0 Å². The summed E-state index contributed by atoms with van der Waals surface area (Å²) in [5, 5.41) is 3.93. The van der Waals surface area contributed by atoms with Gasteiger partial charge in [0, 0.05) is 25.3 Å². The topological polar surface area (TPSA) is 54.0 Å². The van der Waals surface area contributed by atoms with Crippen LogP contribution in [0.4, 0.5) is 0 Å². The number of hydrogen-bond donors (Lipinski definition) is 0. The maximum atomic E-state index is 12.0. The first-order valence-corrected chi connectivity index (χ1v) is 9.55. The van der Waals surface area contributed by atoms with Crippen LogP contribution in [0.3, 0.4) is 0 Å². The summed E-state index contributed by atoms with van der Waals surface area (Å²) in [6.07, 6.45) is 0.807. The summed E-state index contributed by atoms with van der Waals surface area (Å²) in [4.78, 5) is 12.0. The Labute approximate surface area is 174 Å². The molecule has 0 radical (unpaired) electrons. The number of benzene rings is 4. The fourth-order valence-corrected chi connectivity index (χ4v) is 3.71. The Hall–Kier alpha value is -3.41. The second kappa shape index (κ2) is 8.95. The third-order valence-corrected chi connectivity index (χ3v) is 4.95. The van der Waals surface area contributed by atoms with Crippen LogP contribution in [0.15, 0.2) is 66.7 Å². The van der Waals surface area contributed by atoms with Gasteiger partial charge in [-0.2, -0.15) is 0 Å². The van der Waals surface area contributed by atoms with E-state index >= 15 is 0 Å². The van der Waals surface area contributed by atoms with Crippen molar-refractivity contribution >= 4 is 27.8 Å². The van der Waals surface area contributed by atoms with E-state index < -0.39 is 0 Å². The lowest BCUT2D eigenvalue weighted by molar-refractivity contribution is 0.0498. The summed E-state index contributed by atoms with van der Waals surface area (Å²) >= 11 is 0. The standard InChI is InChI=1S/C25H22O5/c1-27-15-29-22-12-11-17-7-3-5-9-20(17)23(22)24-21-10-6-4-8-18(21)13-19(14-26)25(24)30-16-28-2/h3-14H,15-16H2,1-2H3. The molecular formula is C25H22O5. The monoisotopic (exact) mass is 402 g/mol. The lowest BCUT2D eigenvalue weighted by Gasteiger charge is -2.20. The zero-order chi connectivity index (χ0) is 20.9. The predicted octanol–water partition coefficient (Wildman–Crippen LogP) is 5.44. The summed E-state index contributed by atoms with van der Waals surface area (Å²) in [6.45, 7) is 0.121. The number of carbonyl (C=O) groups is 1. The molecule has 0 bridgehead atoms. The Morgan fingerprint density at radius 2 is 1.37 bits per heavy atom. The zero-order valence-corrected chi connectivity index (χ0v) is 16.9. The van der Waals surface area contributed by atoms with Gasteiger partial charge in [0.05, 0.1) is 5.56 Å². The molecule has 30 heavy (non-hydrogen) atoms. The number of rotatable bonds is 8. The molecule has 0 atom stereocenters. The third-order valence-electron chi connectivity index (χ3n) is 4.95. The Kier molecular flexibility index (Phi) is 5.93. The van der Waals surface area contributed by atoms with E-state index in [-0.39, 0.29) is 13.6 Å². The molecule has 152 valence electrons. The molecule has 0 aromatic heterocycles. The van der Waals surface area contributed by atoms with Gasteiger partial charge in [-0.15, -0.1) is 0 Å². The van der Waals surface area contributed by atoms with Crippen molar-refractivity contribution in [2.45, 2.75) is 0 Å². The molecule has 0 heterocycles. The van der Waals surface area contributed by atoms with Gasteiger partial charge in [0.2, 0.25) is 0 Å². The molecule has 0 amide bonds. The minimum absolute atomic E-state index is 0.0191. The van der Waals surface area contributed by atoms with Crippen LogP contribution >= 0.6 is 0 Å². The zero-order valence-electron chi connectivity index (χ0n) is 16.9. The molecule has 4 rings (SSSR count). The van der Waals surface area contributed by atoms with Gasteiger partial charge in [0.1, 0.15) is 11.5 Å². The van der Waals surface area contributed by atoms with E-state index in [9.17, 15) is 4.79 Å². The van der Waals surface area contributed by atoms with Crippen LogP contribution in [0.25, 0.3) is 32.7 Å². The maximum Gasteiger partial charge on any atom is 0.188 e. The third kappa shape index (κ3) is 3.61. The molecule has 5 heteroatoms. The SMILES string of the molecule is COCOc1ccc2ccccc2c1-c1c(OCOC)c(C=O)cc2ccccc12. The summed E-state index contributed by atoms with van der Waals surface area (Å²) < 4.78 is 22.2. The van der Waals surface area contributed by atoms with E-state index in [0.29, 0.717) is 17.1 Å². The molecule has 0 fully saturated rings. The van der Waals surface area contributed by atoms with Crippen molar-refractivity contribution < 1.29 is 23.7 Å². The smallest absolute Gasteiger partial charge is 0.188 e. The van der Waals surface area contributed by atoms with Gasteiger partial charge in [-0.1, -0.05) is 54.6 Å². The van der Waals surface area contributed by atoms with Crippen molar-refractivity contribution in [2.24, 2.45) is 0 Å². The molecule has 4 aromatic carbocycles. The van der Waals surface area contributed by atoms with E-state index in [0.717, 1.165) is 39.0 Å². The Balaban J connectivity index is 2.14. The fraction of sp³-hybridized carbons (Fsp3) is 0.160. The van der Waals surface area contributed by atoms with Crippen LogP contribution in [0.5, 0.6) is 11.5 Å². The fourth-order valence-electron chi connectivity index (χ4n) is 3.71. The van der Waals surface area contributed by atoms with Gasteiger partial charge in [0.25, 0.3) is 0 Å². The first-order valence-electron chi connectivity index (χ1n) is 9.55. The second-order valence-corrected chi connectivity index (χ2v) is 6.77. The number of fused-ring (bicyclic) bond motifs is 2. The summed E-state index contributed by atoms with van der Waals surface area (Å²) in [7, 11) is 3.13. The van der Waals surface area contributed by atoms with Crippen molar-refractivity contribution in [1.29, 1.82) is 0 Å². The van der Waals surface area contributed by atoms with Crippen molar-refractivity contribution in [3.05, 3.63) is 72.3 Å². The molecule has 0 saturated heterocycles. The van der Waals surface area contributed by atoms with Gasteiger partial charge >= 0.3 is 0 Å².